The highest BCUT2D eigenvalue weighted by atomic mass is 19.4. The second-order valence-corrected chi connectivity index (χ2v) is 3.73. The van der Waals surface area contributed by atoms with E-state index < -0.39 is 17.6 Å². The van der Waals surface area contributed by atoms with E-state index >= 15 is 0 Å². The average molecular weight is 226 g/mol. The van der Waals surface area contributed by atoms with Gasteiger partial charge in [0.05, 0.1) is 12.6 Å². The van der Waals surface area contributed by atoms with Crippen molar-refractivity contribution in [2.75, 3.05) is 13.2 Å². The zero-order chi connectivity index (χ0) is 11.7. The van der Waals surface area contributed by atoms with Gasteiger partial charge in [0, 0.05) is 6.61 Å². The quantitative estimate of drug-likeness (QED) is 0.705. The lowest BCUT2D eigenvalue weighted by atomic mass is 10.0. The minimum Gasteiger partial charge on any atom is -0.379 e. The Hall–Kier alpha value is -0.820. The first-order valence-electron chi connectivity index (χ1n) is 4.49. The fourth-order valence-corrected chi connectivity index (χ4v) is 1.11. The lowest BCUT2D eigenvalue weighted by Gasteiger charge is -2.27. The van der Waals surface area contributed by atoms with E-state index in [1.54, 1.807) is 0 Å². The zero-order valence-electron chi connectivity index (χ0n) is 8.23. The van der Waals surface area contributed by atoms with Crippen LogP contribution in [0, 0.1) is 0 Å². The molecule has 0 aromatic rings. The first-order chi connectivity index (χ1) is 6.75. The van der Waals surface area contributed by atoms with E-state index in [0.717, 1.165) is 0 Å². The summed E-state index contributed by atoms with van der Waals surface area (Å²) in [5.74, 6) is -1.22. The van der Waals surface area contributed by atoms with E-state index in [2.05, 4.69) is 5.32 Å². The SMILES string of the molecule is CC(N)(C(=O)NC1CCOC1)C(F)(F)F. The number of alkyl halides is 3. The average Bonchev–Trinajstić information content (AvgIpc) is 2.54. The molecule has 88 valence electrons. The second-order valence-electron chi connectivity index (χ2n) is 3.73. The van der Waals surface area contributed by atoms with Crippen molar-refractivity contribution in [1.82, 2.24) is 5.32 Å². The highest BCUT2D eigenvalue weighted by Gasteiger charge is 2.54. The Morgan fingerprint density at radius 2 is 2.13 bits per heavy atom. The molecule has 1 heterocycles. The lowest BCUT2D eigenvalue weighted by molar-refractivity contribution is -0.187. The molecule has 1 fully saturated rings. The lowest BCUT2D eigenvalue weighted by Crippen LogP contribution is -2.62. The third-order valence-corrected chi connectivity index (χ3v) is 2.33. The van der Waals surface area contributed by atoms with Crippen LogP contribution in [-0.2, 0) is 9.53 Å². The fraction of sp³-hybridized carbons (Fsp3) is 0.875. The number of carbonyl (C=O) groups excluding carboxylic acids is 1. The molecule has 7 heteroatoms. The molecule has 0 spiro atoms. The molecule has 1 aliphatic rings. The van der Waals surface area contributed by atoms with Gasteiger partial charge in [-0.1, -0.05) is 0 Å². The van der Waals surface area contributed by atoms with Crippen molar-refractivity contribution in [3.05, 3.63) is 0 Å². The third-order valence-electron chi connectivity index (χ3n) is 2.33. The topological polar surface area (TPSA) is 64.4 Å². The van der Waals surface area contributed by atoms with Crippen LogP contribution in [0.5, 0.6) is 0 Å². The Kier molecular flexibility index (Phi) is 3.25. The second kappa shape index (κ2) is 3.97. The van der Waals surface area contributed by atoms with Crippen molar-refractivity contribution in [3.8, 4) is 0 Å². The number of amides is 1. The van der Waals surface area contributed by atoms with Crippen LogP contribution in [0.15, 0.2) is 0 Å². The molecule has 2 atom stereocenters. The minimum atomic E-state index is -4.75. The summed E-state index contributed by atoms with van der Waals surface area (Å²) in [7, 11) is 0. The van der Waals surface area contributed by atoms with Gasteiger partial charge in [-0.3, -0.25) is 4.79 Å². The number of ether oxygens (including phenoxy) is 1. The molecule has 0 bridgehead atoms. The van der Waals surface area contributed by atoms with Crippen LogP contribution in [0.2, 0.25) is 0 Å². The molecule has 0 aromatic carbocycles. The normalized spacial score (nSPS) is 26.1. The molecule has 0 aliphatic carbocycles. The summed E-state index contributed by atoms with van der Waals surface area (Å²) in [6, 6.07) is -0.372. The van der Waals surface area contributed by atoms with Crippen molar-refractivity contribution >= 4 is 5.91 Å². The number of nitrogens with one attached hydrogen (secondary N) is 1. The maximum Gasteiger partial charge on any atom is 0.415 e. The highest BCUT2D eigenvalue weighted by molar-refractivity contribution is 5.86. The van der Waals surface area contributed by atoms with Crippen molar-refractivity contribution in [1.29, 1.82) is 0 Å². The van der Waals surface area contributed by atoms with Gasteiger partial charge >= 0.3 is 6.18 Å². The molecule has 15 heavy (non-hydrogen) atoms. The van der Waals surface area contributed by atoms with Gasteiger partial charge in [-0.2, -0.15) is 13.2 Å². The Bertz CT molecular complexity index is 247. The number of halogens is 3. The van der Waals surface area contributed by atoms with Crippen molar-refractivity contribution < 1.29 is 22.7 Å². The molecule has 4 nitrogen and oxygen atoms in total. The van der Waals surface area contributed by atoms with Gasteiger partial charge < -0.3 is 15.8 Å². The van der Waals surface area contributed by atoms with E-state index in [-0.39, 0.29) is 12.6 Å². The van der Waals surface area contributed by atoms with Crippen LogP contribution in [0.4, 0.5) is 13.2 Å². The molecular weight excluding hydrogens is 213 g/mol. The number of hydrogen-bond donors (Lipinski definition) is 2. The van der Waals surface area contributed by atoms with Crippen LogP contribution in [0.3, 0.4) is 0 Å². The summed E-state index contributed by atoms with van der Waals surface area (Å²) in [6.07, 6.45) is -4.24. The number of carbonyl (C=O) groups is 1. The van der Waals surface area contributed by atoms with E-state index in [1.165, 1.54) is 0 Å². The van der Waals surface area contributed by atoms with Gasteiger partial charge in [-0.15, -0.1) is 0 Å². The fourth-order valence-electron chi connectivity index (χ4n) is 1.11. The molecule has 2 unspecified atom stereocenters. The first-order valence-corrected chi connectivity index (χ1v) is 4.49. The predicted octanol–water partition coefficient (Wildman–Crippen LogP) is 0.171. The van der Waals surface area contributed by atoms with Crippen LogP contribution in [-0.4, -0.2) is 36.9 Å². The molecule has 0 saturated carbocycles. The van der Waals surface area contributed by atoms with Gasteiger partial charge in [0.15, 0.2) is 5.54 Å². The van der Waals surface area contributed by atoms with Crippen LogP contribution in [0.1, 0.15) is 13.3 Å². The van der Waals surface area contributed by atoms with Crippen molar-refractivity contribution in [2.24, 2.45) is 5.73 Å². The summed E-state index contributed by atoms with van der Waals surface area (Å²) < 4.78 is 41.9. The van der Waals surface area contributed by atoms with Gasteiger partial charge in [0.1, 0.15) is 0 Å². The van der Waals surface area contributed by atoms with E-state index in [0.29, 0.717) is 20.0 Å². The largest absolute Gasteiger partial charge is 0.415 e. The Morgan fingerprint density at radius 3 is 2.53 bits per heavy atom. The summed E-state index contributed by atoms with van der Waals surface area (Å²) in [4.78, 5) is 11.3. The molecule has 0 aromatic heterocycles. The number of nitrogens with two attached hydrogens (primary N) is 1. The summed E-state index contributed by atoms with van der Waals surface area (Å²) in [6.45, 7) is 1.33. The molecular formula is C8H13F3N2O2. The zero-order valence-corrected chi connectivity index (χ0v) is 8.23. The monoisotopic (exact) mass is 226 g/mol. The van der Waals surface area contributed by atoms with Crippen LogP contribution >= 0.6 is 0 Å². The predicted molar refractivity (Wildman–Crippen MR) is 46.0 cm³/mol. The van der Waals surface area contributed by atoms with Crippen LogP contribution in [0.25, 0.3) is 0 Å². The standard InChI is InChI=1S/C8H13F3N2O2/c1-7(12,8(9,10)11)6(14)13-5-2-3-15-4-5/h5H,2-4,12H2,1H3,(H,13,14). The third kappa shape index (κ3) is 2.60. The molecule has 1 saturated heterocycles. The Balaban J connectivity index is 2.59. The molecule has 3 N–H and O–H groups in total. The van der Waals surface area contributed by atoms with E-state index in [1.807, 2.05) is 0 Å². The Labute approximate surface area is 84.9 Å². The van der Waals surface area contributed by atoms with Gasteiger partial charge in [-0.05, 0) is 13.3 Å². The summed E-state index contributed by atoms with van der Waals surface area (Å²) in [5.41, 5.74) is 2.09. The van der Waals surface area contributed by atoms with Gasteiger partial charge in [0.2, 0.25) is 5.91 Å². The highest BCUT2D eigenvalue weighted by Crippen LogP contribution is 2.28. The number of hydrogen-bond acceptors (Lipinski definition) is 3. The molecule has 0 radical (unpaired) electrons. The Morgan fingerprint density at radius 1 is 1.53 bits per heavy atom. The van der Waals surface area contributed by atoms with Gasteiger partial charge in [0.25, 0.3) is 0 Å². The molecule has 1 aliphatic heterocycles. The van der Waals surface area contributed by atoms with Crippen LogP contribution < -0.4 is 11.1 Å². The minimum absolute atomic E-state index is 0.236. The smallest absolute Gasteiger partial charge is 0.379 e. The first kappa shape index (κ1) is 12.3. The van der Waals surface area contributed by atoms with E-state index in [4.69, 9.17) is 10.5 Å². The van der Waals surface area contributed by atoms with E-state index in [9.17, 15) is 18.0 Å². The summed E-state index contributed by atoms with van der Waals surface area (Å²) in [5, 5.41) is 2.22. The summed E-state index contributed by atoms with van der Waals surface area (Å²) >= 11 is 0. The molecule has 1 rings (SSSR count). The van der Waals surface area contributed by atoms with Crippen molar-refractivity contribution in [2.45, 2.75) is 31.1 Å². The van der Waals surface area contributed by atoms with Gasteiger partial charge in [-0.25, -0.2) is 0 Å². The van der Waals surface area contributed by atoms with Crippen molar-refractivity contribution in [3.63, 3.8) is 0 Å². The maximum absolute atomic E-state index is 12.3. The molecule has 1 amide bonds. The maximum atomic E-state index is 12.3. The number of rotatable bonds is 2.